The van der Waals surface area contributed by atoms with Gasteiger partial charge in [-0.15, -0.1) is 16.4 Å². The largest absolute Gasteiger partial charge is 0.352 e. The summed E-state index contributed by atoms with van der Waals surface area (Å²) in [5.74, 6) is -0.133. The lowest BCUT2D eigenvalue weighted by Crippen LogP contribution is -2.37. The number of amides is 2. The molecule has 1 N–H and O–H groups in total. The van der Waals surface area contributed by atoms with Crippen molar-refractivity contribution in [3.8, 4) is 5.69 Å². The van der Waals surface area contributed by atoms with E-state index in [-0.39, 0.29) is 11.8 Å². The highest BCUT2D eigenvalue weighted by Crippen LogP contribution is 2.24. The number of fused-ring (bicyclic) bond motifs is 1. The number of aromatic nitrogens is 4. The maximum Gasteiger partial charge on any atom is 0.251 e. The zero-order chi connectivity index (χ0) is 18.6. The van der Waals surface area contributed by atoms with E-state index in [1.54, 1.807) is 35.6 Å². The molecule has 138 valence electrons. The maximum atomic E-state index is 12.4. The fourth-order valence-corrected chi connectivity index (χ4v) is 3.94. The van der Waals surface area contributed by atoms with Crippen molar-refractivity contribution in [1.29, 1.82) is 0 Å². The van der Waals surface area contributed by atoms with Crippen molar-refractivity contribution in [2.75, 3.05) is 13.1 Å². The third-order valence-corrected chi connectivity index (χ3v) is 5.55. The summed E-state index contributed by atoms with van der Waals surface area (Å²) < 4.78 is 1.51. The first kappa shape index (κ1) is 17.3. The van der Waals surface area contributed by atoms with Gasteiger partial charge in [0.2, 0.25) is 5.91 Å². The molecule has 0 bridgehead atoms. The molecule has 2 amide bonds. The minimum Gasteiger partial charge on any atom is -0.352 e. The molecular formula is C18H18N6O2S. The molecular weight excluding hydrogens is 364 g/mol. The van der Waals surface area contributed by atoms with Gasteiger partial charge < -0.3 is 10.2 Å². The van der Waals surface area contributed by atoms with Gasteiger partial charge in [0.05, 0.1) is 5.69 Å². The first-order valence-electron chi connectivity index (χ1n) is 8.65. The van der Waals surface area contributed by atoms with E-state index < -0.39 is 0 Å². The molecule has 27 heavy (non-hydrogen) atoms. The predicted octanol–water partition coefficient (Wildman–Crippen LogP) is 1.43. The Hall–Kier alpha value is -3.07. The Morgan fingerprint density at radius 1 is 1.19 bits per heavy atom. The Labute approximate surface area is 159 Å². The van der Waals surface area contributed by atoms with Crippen LogP contribution in [0.25, 0.3) is 5.69 Å². The average molecular weight is 382 g/mol. The monoisotopic (exact) mass is 382 g/mol. The van der Waals surface area contributed by atoms with E-state index in [0.29, 0.717) is 25.1 Å². The Bertz CT molecular complexity index is 935. The van der Waals surface area contributed by atoms with Crippen LogP contribution in [0.1, 0.15) is 27.2 Å². The summed E-state index contributed by atoms with van der Waals surface area (Å²) in [7, 11) is 0. The number of nitrogens with one attached hydrogen (secondary N) is 1. The van der Waals surface area contributed by atoms with Crippen molar-refractivity contribution < 1.29 is 9.59 Å². The normalized spacial score (nSPS) is 13.3. The van der Waals surface area contributed by atoms with Gasteiger partial charge in [0.1, 0.15) is 6.33 Å². The van der Waals surface area contributed by atoms with Crippen LogP contribution < -0.4 is 5.32 Å². The molecule has 0 aliphatic carbocycles. The molecule has 0 fully saturated rings. The number of tetrazole rings is 1. The third-order valence-electron chi connectivity index (χ3n) is 4.53. The standard InChI is InChI=1S/C18H18N6O2S/c25-17(23-9-6-16-14(11-23)7-10-27-16)5-8-19-18(26)13-1-3-15(4-2-13)24-12-20-21-22-24/h1-4,7,10,12H,5-6,8-9,11H2,(H,19,26). The highest BCUT2D eigenvalue weighted by atomic mass is 32.1. The van der Waals surface area contributed by atoms with Crippen LogP contribution in [0.15, 0.2) is 42.0 Å². The molecule has 9 heteroatoms. The van der Waals surface area contributed by atoms with Crippen LogP contribution in [0.2, 0.25) is 0 Å². The molecule has 0 saturated heterocycles. The fraction of sp³-hybridized carbons (Fsp3) is 0.278. The van der Waals surface area contributed by atoms with Crippen molar-refractivity contribution in [2.45, 2.75) is 19.4 Å². The fourth-order valence-electron chi connectivity index (χ4n) is 3.05. The predicted molar refractivity (Wildman–Crippen MR) is 99.5 cm³/mol. The van der Waals surface area contributed by atoms with Gasteiger partial charge >= 0.3 is 0 Å². The topological polar surface area (TPSA) is 93.0 Å². The van der Waals surface area contributed by atoms with Gasteiger partial charge in [-0.25, -0.2) is 4.68 Å². The molecule has 0 saturated carbocycles. The van der Waals surface area contributed by atoms with Gasteiger partial charge in [-0.2, -0.15) is 0 Å². The number of carbonyl (C=O) groups excluding carboxylic acids is 2. The summed E-state index contributed by atoms with van der Waals surface area (Å²) in [5, 5.41) is 15.8. The van der Waals surface area contributed by atoms with Gasteiger partial charge in [0.25, 0.3) is 5.91 Å². The van der Waals surface area contributed by atoms with Crippen molar-refractivity contribution in [3.63, 3.8) is 0 Å². The lowest BCUT2D eigenvalue weighted by atomic mass is 10.1. The summed E-state index contributed by atoms with van der Waals surface area (Å²) in [6, 6.07) is 9.03. The minimum absolute atomic E-state index is 0.0705. The number of hydrogen-bond donors (Lipinski definition) is 1. The van der Waals surface area contributed by atoms with Crippen LogP contribution in [-0.4, -0.2) is 50.0 Å². The van der Waals surface area contributed by atoms with Crippen LogP contribution in [0.5, 0.6) is 0 Å². The minimum atomic E-state index is -0.204. The van der Waals surface area contributed by atoms with Crippen molar-refractivity contribution in [3.05, 3.63) is 58.0 Å². The molecule has 0 spiro atoms. The molecule has 1 aliphatic rings. The lowest BCUT2D eigenvalue weighted by molar-refractivity contribution is -0.131. The Balaban J connectivity index is 1.26. The second-order valence-corrected chi connectivity index (χ2v) is 7.24. The van der Waals surface area contributed by atoms with Crippen molar-refractivity contribution in [1.82, 2.24) is 30.4 Å². The number of hydrogen-bond acceptors (Lipinski definition) is 6. The maximum absolute atomic E-state index is 12.4. The smallest absolute Gasteiger partial charge is 0.251 e. The summed E-state index contributed by atoms with van der Waals surface area (Å²) >= 11 is 1.75. The van der Waals surface area contributed by atoms with E-state index in [9.17, 15) is 9.59 Å². The van der Waals surface area contributed by atoms with Gasteiger partial charge in [0, 0.05) is 36.5 Å². The quantitative estimate of drug-likeness (QED) is 0.721. The lowest BCUT2D eigenvalue weighted by Gasteiger charge is -2.27. The summed E-state index contributed by atoms with van der Waals surface area (Å²) in [6.07, 6.45) is 2.70. The van der Waals surface area contributed by atoms with Crippen LogP contribution in [0, 0.1) is 0 Å². The molecule has 1 aromatic carbocycles. The SMILES string of the molecule is O=C(NCCC(=O)N1CCc2sccc2C1)c1ccc(-n2cnnn2)cc1. The van der Waals surface area contributed by atoms with E-state index in [1.165, 1.54) is 21.4 Å². The zero-order valence-corrected chi connectivity index (χ0v) is 15.4. The second kappa shape index (κ2) is 7.67. The van der Waals surface area contributed by atoms with E-state index in [4.69, 9.17) is 0 Å². The number of benzene rings is 1. The molecule has 0 unspecified atom stereocenters. The number of nitrogens with zero attached hydrogens (tertiary/aromatic N) is 5. The van der Waals surface area contributed by atoms with Crippen LogP contribution >= 0.6 is 11.3 Å². The molecule has 0 radical (unpaired) electrons. The van der Waals surface area contributed by atoms with Gasteiger partial charge in [0.15, 0.2) is 0 Å². The summed E-state index contributed by atoms with van der Waals surface area (Å²) in [6.45, 7) is 1.74. The van der Waals surface area contributed by atoms with Crippen molar-refractivity contribution in [2.24, 2.45) is 0 Å². The van der Waals surface area contributed by atoms with E-state index in [1.807, 2.05) is 4.90 Å². The summed E-state index contributed by atoms with van der Waals surface area (Å²) in [4.78, 5) is 27.9. The van der Waals surface area contributed by atoms with Crippen LogP contribution in [-0.2, 0) is 17.8 Å². The Morgan fingerprint density at radius 3 is 2.81 bits per heavy atom. The molecule has 8 nitrogen and oxygen atoms in total. The molecule has 3 heterocycles. The average Bonchev–Trinajstić information content (AvgIpc) is 3.39. The van der Waals surface area contributed by atoms with E-state index in [0.717, 1.165) is 18.7 Å². The number of rotatable bonds is 5. The number of thiophene rings is 1. The van der Waals surface area contributed by atoms with E-state index >= 15 is 0 Å². The first-order valence-corrected chi connectivity index (χ1v) is 9.53. The highest BCUT2D eigenvalue weighted by Gasteiger charge is 2.21. The third kappa shape index (κ3) is 3.87. The first-order chi connectivity index (χ1) is 13.2. The number of carbonyl (C=O) groups is 2. The second-order valence-electron chi connectivity index (χ2n) is 6.24. The van der Waals surface area contributed by atoms with Gasteiger partial charge in [-0.1, -0.05) is 0 Å². The highest BCUT2D eigenvalue weighted by molar-refractivity contribution is 7.10. The van der Waals surface area contributed by atoms with E-state index in [2.05, 4.69) is 32.3 Å². The molecule has 0 atom stereocenters. The van der Waals surface area contributed by atoms with Crippen molar-refractivity contribution >= 4 is 23.2 Å². The Kier molecular flexibility index (Phi) is 4.93. The van der Waals surface area contributed by atoms with Crippen LogP contribution in [0.4, 0.5) is 0 Å². The molecule has 2 aromatic heterocycles. The molecule has 1 aliphatic heterocycles. The van der Waals surface area contributed by atoms with Gasteiger partial charge in [-0.05, 0) is 58.1 Å². The van der Waals surface area contributed by atoms with Gasteiger partial charge in [-0.3, -0.25) is 9.59 Å². The Morgan fingerprint density at radius 2 is 2.04 bits per heavy atom. The molecule has 3 aromatic rings. The van der Waals surface area contributed by atoms with Crippen LogP contribution in [0.3, 0.4) is 0 Å². The summed E-state index contributed by atoms with van der Waals surface area (Å²) in [5.41, 5.74) is 2.54. The molecule has 4 rings (SSSR count). The zero-order valence-electron chi connectivity index (χ0n) is 14.5.